The molecule has 0 fully saturated rings. The van der Waals surface area contributed by atoms with E-state index in [0.717, 1.165) is 22.9 Å². The molecule has 128 valence electrons. The molecule has 0 amide bonds. The van der Waals surface area contributed by atoms with Crippen molar-refractivity contribution in [1.82, 2.24) is 15.0 Å². The molecule has 25 heavy (non-hydrogen) atoms. The fraction of sp³-hybridized carbons (Fsp3) is 0.250. The summed E-state index contributed by atoms with van der Waals surface area (Å²) in [6.45, 7) is 6.93. The van der Waals surface area contributed by atoms with Crippen LogP contribution in [0.3, 0.4) is 0 Å². The lowest BCUT2D eigenvalue weighted by molar-refractivity contribution is 0.868. The Hall–Kier alpha value is -2.95. The third kappa shape index (κ3) is 4.53. The lowest BCUT2D eigenvalue weighted by Gasteiger charge is -2.15. The summed E-state index contributed by atoms with van der Waals surface area (Å²) in [5, 5.41) is 6.67. The molecule has 0 bridgehead atoms. The molecule has 0 aliphatic heterocycles. The van der Waals surface area contributed by atoms with E-state index in [1.807, 2.05) is 37.3 Å². The van der Waals surface area contributed by atoms with Crippen LogP contribution in [0.15, 0.2) is 54.7 Å². The quantitative estimate of drug-likeness (QED) is 0.687. The van der Waals surface area contributed by atoms with E-state index in [4.69, 9.17) is 0 Å². The predicted molar refractivity (Wildman–Crippen MR) is 102 cm³/mol. The van der Waals surface area contributed by atoms with Gasteiger partial charge in [-0.2, -0.15) is 4.98 Å². The molecule has 3 aromatic rings. The highest BCUT2D eigenvalue weighted by atomic mass is 15.1. The molecule has 0 unspecified atom stereocenters. The first-order valence-corrected chi connectivity index (χ1v) is 8.47. The largest absolute Gasteiger partial charge is 0.349 e. The van der Waals surface area contributed by atoms with Crippen molar-refractivity contribution in [2.24, 2.45) is 0 Å². The van der Waals surface area contributed by atoms with Crippen LogP contribution in [0.25, 0.3) is 0 Å². The number of anilines is 3. The average Bonchev–Trinajstić information content (AvgIpc) is 2.61. The van der Waals surface area contributed by atoms with Gasteiger partial charge in [0.25, 0.3) is 0 Å². The molecule has 0 spiro atoms. The van der Waals surface area contributed by atoms with Gasteiger partial charge in [-0.05, 0) is 36.6 Å². The van der Waals surface area contributed by atoms with E-state index < -0.39 is 0 Å². The Morgan fingerprint density at radius 1 is 1.00 bits per heavy atom. The summed E-state index contributed by atoms with van der Waals surface area (Å²) in [4.78, 5) is 13.3. The molecule has 1 aromatic carbocycles. The maximum Gasteiger partial charge on any atom is 0.225 e. The van der Waals surface area contributed by atoms with E-state index in [2.05, 4.69) is 57.6 Å². The minimum atomic E-state index is 0.438. The zero-order chi connectivity index (χ0) is 17.6. The van der Waals surface area contributed by atoms with Crippen molar-refractivity contribution in [1.29, 1.82) is 0 Å². The Morgan fingerprint density at radius 2 is 1.80 bits per heavy atom. The van der Waals surface area contributed by atoms with E-state index in [0.29, 0.717) is 18.4 Å². The van der Waals surface area contributed by atoms with Gasteiger partial charge < -0.3 is 10.6 Å². The molecule has 5 heteroatoms. The molecule has 0 saturated heterocycles. The summed E-state index contributed by atoms with van der Waals surface area (Å²) in [5.41, 5.74) is 4.20. The van der Waals surface area contributed by atoms with Gasteiger partial charge in [-0.1, -0.05) is 38.1 Å². The fourth-order valence-electron chi connectivity index (χ4n) is 2.64. The van der Waals surface area contributed by atoms with Gasteiger partial charge in [0.2, 0.25) is 5.95 Å². The first-order valence-electron chi connectivity index (χ1n) is 8.47. The van der Waals surface area contributed by atoms with E-state index in [-0.39, 0.29) is 0 Å². The van der Waals surface area contributed by atoms with Gasteiger partial charge in [0.05, 0.1) is 12.2 Å². The SMILES string of the molecule is Cc1cc(Nc2ccccc2C(C)C)nc(NCc2ccccn2)n1. The van der Waals surface area contributed by atoms with E-state index >= 15 is 0 Å². The van der Waals surface area contributed by atoms with Crippen LogP contribution in [0.5, 0.6) is 0 Å². The van der Waals surface area contributed by atoms with Crippen molar-refractivity contribution in [2.45, 2.75) is 33.2 Å². The molecule has 3 rings (SSSR count). The normalized spacial score (nSPS) is 10.7. The predicted octanol–water partition coefficient (Wildman–Crippen LogP) is 4.66. The highest BCUT2D eigenvalue weighted by molar-refractivity contribution is 5.62. The number of hydrogen-bond acceptors (Lipinski definition) is 5. The number of rotatable bonds is 6. The van der Waals surface area contributed by atoms with Crippen LogP contribution >= 0.6 is 0 Å². The zero-order valence-electron chi connectivity index (χ0n) is 14.8. The second-order valence-corrected chi connectivity index (χ2v) is 6.26. The molecular formula is C20H23N5. The standard InChI is InChI=1S/C20H23N5/c1-14(2)17-9-4-5-10-18(17)24-19-12-15(3)23-20(25-19)22-13-16-8-6-7-11-21-16/h4-12,14H,13H2,1-3H3,(H2,22,23,24,25). The van der Waals surface area contributed by atoms with Crippen LogP contribution in [0.2, 0.25) is 0 Å². The maximum absolute atomic E-state index is 4.58. The van der Waals surface area contributed by atoms with Crippen LogP contribution in [0, 0.1) is 6.92 Å². The highest BCUT2D eigenvalue weighted by Crippen LogP contribution is 2.26. The Labute approximate surface area is 148 Å². The van der Waals surface area contributed by atoms with Crippen LogP contribution in [0.4, 0.5) is 17.5 Å². The zero-order valence-corrected chi connectivity index (χ0v) is 14.8. The molecular weight excluding hydrogens is 310 g/mol. The first-order chi connectivity index (χ1) is 12.1. The third-order valence-electron chi connectivity index (χ3n) is 3.85. The minimum Gasteiger partial charge on any atom is -0.349 e. The summed E-state index contributed by atoms with van der Waals surface area (Å²) in [5.74, 6) is 1.81. The van der Waals surface area contributed by atoms with Crippen molar-refractivity contribution in [2.75, 3.05) is 10.6 Å². The summed E-state index contributed by atoms with van der Waals surface area (Å²) >= 11 is 0. The van der Waals surface area contributed by atoms with Crippen molar-refractivity contribution in [3.8, 4) is 0 Å². The molecule has 0 atom stereocenters. The Bertz CT molecular complexity index is 830. The summed E-state index contributed by atoms with van der Waals surface area (Å²) in [7, 11) is 0. The lowest BCUT2D eigenvalue weighted by Crippen LogP contribution is -2.07. The van der Waals surface area contributed by atoms with Gasteiger partial charge in [-0.3, -0.25) is 4.98 Å². The van der Waals surface area contributed by atoms with Crippen molar-refractivity contribution in [3.63, 3.8) is 0 Å². The molecule has 0 aliphatic rings. The van der Waals surface area contributed by atoms with Crippen LogP contribution < -0.4 is 10.6 Å². The second-order valence-electron chi connectivity index (χ2n) is 6.26. The van der Waals surface area contributed by atoms with Crippen molar-refractivity contribution in [3.05, 3.63) is 71.7 Å². The van der Waals surface area contributed by atoms with E-state index in [1.165, 1.54) is 5.56 Å². The molecule has 0 saturated carbocycles. The molecule has 0 radical (unpaired) electrons. The number of benzene rings is 1. The topological polar surface area (TPSA) is 62.7 Å². The Morgan fingerprint density at radius 3 is 2.56 bits per heavy atom. The minimum absolute atomic E-state index is 0.438. The number of pyridine rings is 1. The summed E-state index contributed by atoms with van der Waals surface area (Å²) < 4.78 is 0. The Kier molecular flexibility index (Phi) is 5.23. The number of hydrogen-bond donors (Lipinski definition) is 2. The highest BCUT2D eigenvalue weighted by Gasteiger charge is 2.08. The van der Waals surface area contributed by atoms with Crippen LogP contribution in [-0.4, -0.2) is 15.0 Å². The average molecular weight is 333 g/mol. The molecule has 2 aromatic heterocycles. The van der Waals surface area contributed by atoms with Gasteiger partial charge in [0.1, 0.15) is 5.82 Å². The maximum atomic E-state index is 4.58. The number of aryl methyl sites for hydroxylation is 1. The summed E-state index contributed by atoms with van der Waals surface area (Å²) in [6.07, 6.45) is 1.78. The number of para-hydroxylation sites is 1. The lowest BCUT2D eigenvalue weighted by atomic mass is 10.0. The van der Waals surface area contributed by atoms with Crippen molar-refractivity contribution >= 4 is 17.5 Å². The number of nitrogens with zero attached hydrogens (tertiary/aromatic N) is 3. The van der Waals surface area contributed by atoms with Gasteiger partial charge >= 0.3 is 0 Å². The first kappa shape index (κ1) is 16.9. The molecule has 5 nitrogen and oxygen atoms in total. The van der Waals surface area contributed by atoms with Gasteiger partial charge in [-0.15, -0.1) is 0 Å². The second kappa shape index (κ2) is 7.75. The Balaban J connectivity index is 1.78. The smallest absolute Gasteiger partial charge is 0.225 e. The molecule has 0 aliphatic carbocycles. The van der Waals surface area contributed by atoms with E-state index in [1.54, 1.807) is 6.20 Å². The van der Waals surface area contributed by atoms with Crippen LogP contribution in [-0.2, 0) is 6.54 Å². The monoisotopic (exact) mass is 333 g/mol. The number of aromatic nitrogens is 3. The van der Waals surface area contributed by atoms with E-state index in [9.17, 15) is 0 Å². The number of nitrogens with one attached hydrogen (secondary N) is 2. The van der Waals surface area contributed by atoms with Gasteiger partial charge in [0.15, 0.2) is 0 Å². The van der Waals surface area contributed by atoms with Crippen molar-refractivity contribution < 1.29 is 0 Å². The van der Waals surface area contributed by atoms with Gasteiger partial charge in [-0.25, -0.2) is 4.98 Å². The molecule has 2 heterocycles. The third-order valence-corrected chi connectivity index (χ3v) is 3.85. The van der Waals surface area contributed by atoms with Crippen LogP contribution in [0.1, 0.15) is 36.7 Å². The fourth-order valence-corrected chi connectivity index (χ4v) is 2.64. The molecule has 2 N–H and O–H groups in total. The summed E-state index contributed by atoms with van der Waals surface area (Å²) in [6, 6.07) is 16.1. The van der Waals surface area contributed by atoms with Gasteiger partial charge in [0, 0.05) is 23.6 Å².